The van der Waals surface area contributed by atoms with Gasteiger partial charge in [0.15, 0.2) is 0 Å². The molecular weight excluding hydrogens is 393 g/mol. The molecule has 1 aliphatic heterocycles. The van der Waals surface area contributed by atoms with Crippen molar-refractivity contribution in [3.63, 3.8) is 0 Å². The molecule has 1 amide bonds. The molecule has 1 aromatic carbocycles. The van der Waals surface area contributed by atoms with Gasteiger partial charge in [0, 0.05) is 31.1 Å². The summed E-state index contributed by atoms with van der Waals surface area (Å²) in [4.78, 5) is 15.4. The van der Waals surface area contributed by atoms with E-state index < -0.39 is 0 Å². The highest BCUT2D eigenvalue weighted by Crippen LogP contribution is 2.41. The Bertz CT molecular complexity index is 601. The van der Waals surface area contributed by atoms with Crippen LogP contribution >= 0.6 is 24.8 Å². The van der Waals surface area contributed by atoms with Crippen molar-refractivity contribution in [1.82, 2.24) is 10.2 Å². The van der Waals surface area contributed by atoms with Gasteiger partial charge in [-0.1, -0.05) is 36.8 Å². The summed E-state index contributed by atoms with van der Waals surface area (Å²) in [5.41, 5.74) is 7.74. The zero-order valence-corrected chi connectivity index (χ0v) is 18.2. The number of benzene rings is 1. The van der Waals surface area contributed by atoms with E-state index in [-0.39, 0.29) is 30.7 Å². The third-order valence-corrected chi connectivity index (χ3v) is 6.88. The van der Waals surface area contributed by atoms with Crippen molar-refractivity contribution >= 4 is 30.7 Å². The summed E-state index contributed by atoms with van der Waals surface area (Å²) >= 11 is 0. The van der Waals surface area contributed by atoms with E-state index in [0.29, 0.717) is 29.8 Å². The molecule has 3 unspecified atom stereocenters. The molecule has 158 valence electrons. The SMILES string of the molecule is Cl.Cl.NC1C2CCCC1CC(C(=O)NC1CCCN(Cc3ccccc3)C1)C2. The Balaban J connectivity index is 0.00000140. The van der Waals surface area contributed by atoms with Gasteiger partial charge in [-0.15, -0.1) is 24.8 Å². The van der Waals surface area contributed by atoms with Gasteiger partial charge in [-0.05, 0) is 62.5 Å². The number of rotatable bonds is 4. The second kappa shape index (κ2) is 10.8. The Morgan fingerprint density at radius 2 is 1.71 bits per heavy atom. The molecule has 1 saturated heterocycles. The maximum absolute atomic E-state index is 12.9. The van der Waals surface area contributed by atoms with Crippen molar-refractivity contribution in [2.75, 3.05) is 13.1 Å². The zero-order chi connectivity index (χ0) is 17.9. The molecule has 1 heterocycles. The topological polar surface area (TPSA) is 58.4 Å². The second-order valence-corrected chi connectivity index (χ2v) is 8.77. The summed E-state index contributed by atoms with van der Waals surface area (Å²) in [6, 6.07) is 11.3. The number of nitrogens with zero attached hydrogens (tertiary/aromatic N) is 1. The average molecular weight is 428 g/mol. The van der Waals surface area contributed by atoms with E-state index in [9.17, 15) is 4.79 Å². The standard InChI is InChI=1S/C22H33N3O.2ClH/c23-21-17-8-4-9-18(21)13-19(12-17)22(26)24-20-10-5-11-25(15-20)14-16-6-2-1-3-7-16;;/h1-3,6-7,17-21H,4-5,8-15,23H2,(H,24,26);2*1H. The molecule has 0 spiro atoms. The summed E-state index contributed by atoms with van der Waals surface area (Å²) < 4.78 is 0. The number of hydrogen-bond donors (Lipinski definition) is 2. The van der Waals surface area contributed by atoms with Gasteiger partial charge in [-0.2, -0.15) is 0 Å². The van der Waals surface area contributed by atoms with Crippen molar-refractivity contribution in [2.45, 2.75) is 63.6 Å². The molecule has 4 rings (SSSR count). The third-order valence-electron chi connectivity index (χ3n) is 6.88. The lowest BCUT2D eigenvalue weighted by Crippen LogP contribution is -2.52. The molecule has 2 saturated carbocycles. The summed E-state index contributed by atoms with van der Waals surface area (Å²) in [6.07, 6.45) is 8.02. The van der Waals surface area contributed by atoms with Crippen LogP contribution in [0, 0.1) is 17.8 Å². The van der Waals surface area contributed by atoms with Gasteiger partial charge in [-0.25, -0.2) is 0 Å². The molecule has 28 heavy (non-hydrogen) atoms. The Morgan fingerprint density at radius 1 is 1.04 bits per heavy atom. The van der Waals surface area contributed by atoms with Crippen LogP contribution in [0.2, 0.25) is 0 Å². The van der Waals surface area contributed by atoms with Crippen LogP contribution in [0.3, 0.4) is 0 Å². The van der Waals surface area contributed by atoms with E-state index in [1.54, 1.807) is 0 Å². The Hall–Kier alpha value is -0.810. The molecule has 0 radical (unpaired) electrons. The molecule has 3 atom stereocenters. The highest BCUT2D eigenvalue weighted by atomic mass is 35.5. The fraction of sp³-hybridized carbons (Fsp3) is 0.682. The monoisotopic (exact) mass is 427 g/mol. The fourth-order valence-electron chi connectivity index (χ4n) is 5.48. The van der Waals surface area contributed by atoms with Crippen LogP contribution in [0.1, 0.15) is 50.5 Å². The summed E-state index contributed by atoms with van der Waals surface area (Å²) in [5.74, 6) is 1.62. The number of amides is 1. The lowest BCUT2D eigenvalue weighted by Gasteiger charge is -2.44. The summed E-state index contributed by atoms with van der Waals surface area (Å²) in [7, 11) is 0. The maximum atomic E-state index is 12.9. The molecule has 3 N–H and O–H groups in total. The maximum Gasteiger partial charge on any atom is 0.223 e. The smallest absolute Gasteiger partial charge is 0.223 e. The number of carbonyl (C=O) groups is 1. The number of carbonyl (C=O) groups excluding carboxylic acids is 1. The van der Waals surface area contributed by atoms with Crippen molar-refractivity contribution < 1.29 is 4.79 Å². The molecule has 6 heteroatoms. The first-order valence-corrected chi connectivity index (χ1v) is 10.5. The van der Waals surface area contributed by atoms with Crippen LogP contribution in [-0.4, -0.2) is 36.0 Å². The predicted octanol–water partition coefficient (Wildman–Crippen LogP) is 3.76. The average Bonchev–Trinajstić information content (AvgIpc) is 2.62. The molecule has 2 aliphatic carbocycles. The van der Waals surface area contributed by atoms with E-state index in [4.69, 9.17) is 5.73 Å². The van der Waals surface area contributed by atoms with Crippen LogP contribution in [0.4, 0.5) is 0 Å². The van der Waals surface area contributed by atoms with Crippen LogP contribution in [-0.2, 0) is 11.3 Å². The molecular formula is C22H35Cl2N3O. The minimum absolute atomic E-state index is 0. The van der Waals surface area contributed by atoms with Gasteiger partial charge in [0.25, 0.3) is 0 Å². The number of likely N-dealkylation sites (tertiary alicyclic amines) is 1. The minimum Gasteiger partial charge on any atom is -0.352 e. The van der Waals surface area contributed by atoms with E-state index in [1.807, 2.05) is 0 Å². The first-order valence-electron chi connectivity index (χ1n) is 10.5. The highest BCUT2D eigenvalue weighted by Gasteiger charge is 2.40. The van der Waals surface area contributed by atoms with Crippen molar-refractivity contribution in [3.05, 3.63) is 35.9 Å². The van der Waals surface area contributed by atoms with Gasteiger partial charge in [0.05, 0.1) is 0 Å². The third kappa shape index (κ3) is 5.63. The molecule has 4 nitrogen and oxygen atoms in total. The van der Waals surface area contributed by atoms with Gasteiger partial charge < -0.3 is 11.1 Å². The Morgan fingerprint density at radius 3 is 2.39 bits per heavy atom. The zero-order valence-electron chi connectivity index (χ0n) is 16.6. The van der Waals surface area contributed by atoms with Crippen LogP contribution in [0.15, 0.2) is 30.3 Å². The van der Waals surface area contributed by atoms with Crippen LogP contribution in [0.25, 0.3) is 0 Å². The number of halogens is 2. The highest BCUT2D eigenvalue weighted by molar-refractivity contribution is 5.85. The Labute approximate surface area is 181 Å². The number of nitrogens with two attached hydrogens (primary N) is 1. The van der Waals surface area contributed by atoms with Crippen LogP contribution < -0.4 is 11.1 Å². The Kier molecular flexibility index (Phi) is 9.07. The van der Waals surface area contributed by atoms with Crippen molar-refractivity contribution in [2.24, 2.45) is 23.5 Å². The summed E-state index contributed by atoms with van der Waals surface area (Å²) in [6.45, 7) is 3.08. The van der Waals surface area contributed by atoms with E-state index in [1.165, 1.54) is 31.2 Å². The lowest BCUT2D eigenvalue weighted by atomic mass is 9.65. The quantitative estimate of drug-likeness (QED) is 0.768. The molecule has 3 fully saturated rings. The lowest BCUT2D eigenvalue weighted by molar-refractivity contribution is -0.129. The summed E-state index contributed by atoms with van der Waals surface area (Å²) in [5, 5.41) is 3.39. The largest absolute Gasteiger partial charge is 0.352 e. The van der Waals surface area contributed by atoms with Crippen molar-refractivity contribution in [1.29, 1.82) is 0 Å². The van der Waals surface area contributed by atoms with Crippen molar-refractivity contribution in [3.8, 4) is 0 Å². The van der Waals surface area contributed by atoms with Gasteiger partial charge >= 0.3 is 0 Å². The molecule has 3 aliphatic rings. The fourth-order valence-corrected chi connectivity index (χ4v) is 5.48. The molecule has 2 bridgehead atoms. The minimum atomic E-state index is 0. The van der Waals surface area contributed by atoms with Gasteiger partial charge in [-0.3, -0.25) is 9.69 Å². The second-order valence-electron chi connectivity index (χ2n) is 8.77. The number of nitrogens with one attached hydrogen (secondary N) is 1. The normalized spacial score (nSPS) is 32.5. The first kappa shape index (κ1) is 23.5. The number of fused-ring (bicyclic) bond motifs is 2. The first-order chi connectivity index (χ1) is 12.7. The predicted molar refractivity (Wildman–Crippen MR) is 119 cm³/mol. The van der Waals surface area contributed by atoms with Gasteiger partial charge in [0.2, 0.25) is 5.91 Å². The van der Waals surface area contributed by atoms with E-state index in [2.05, 4.69) is 40.5 Å². The number of piperidine rings is 1. The van der Waals surface area contributed by atoms with Crippen LogP contribution in [0.5, 0.6) is 0 Å². The molecule has 0 aromatic heterocycles. The number of hydrogen-bond acceptors (Lipinski definition) is 3. The van der Waals surface area contributed by atoms with E-state index in [0.717, 1.165) is 38.9 Å². The molecule has 1 aromatic rings. The van der Waals surface area contributed by atoms with Gasteiger partial charge in [0.1, 0.15) is 0 Å². The van der Waals surface area contributed by atoms with E-state index >= 15 is 0 Å².